The van der Waals surface area contributed by atoms with Crippen LogP contribution in [0.5, 0.6) is 0 Å². The first kappa shape index (κ1) is 13.3. The minimum Gasteiger partial charge on any atom is -0.478 e. The van der Waals surface area contributed by atoms with Gasteiger partial charge < -0.3 is 5.11 Å². The van der Waals surface area contributed by atoms with E-state index in [1.54, 1.807) is 30.3 Å². The molecule has 2 aromatic rings. The molecule has 0 unspecified atom stereocenters. The van der Waals surface area contributed by atoms with E-state index in [0.29, 0.717) is 17.6 Å². The Morgan fingerprint density at radius 2 is 1.90 bits per heavy atom. The Kier molecular flexibility index (Phi) is 3.18. The molecule has 0 fully saturated rings. The number of allylic oxidation sites excluding steroid dienone is 1. The molecule has 1 N–H and O–H groups in total. The maximum Gasteiger partial charge on any atom is 0.336 e. The predicted molar refractivity (Wildman–Crippen MR) is 80.6 cm³/mol. The lowest BCUT2D eigenvalue weighted by Gasteiger charge is -2.02. The zero-order chi connectivity index (χ0) is 15.0. The molecule has 2 aromatic carbocycles. The quantitative estimate of drug-likeness (QED) is 0.855. The highest BCUT2D eigenvalue weighted by Crippen LogP contribution is 2.30. The number of benzene rings is 2. The van der Waals surface area contributed by atoms with Crippen molar-refractivity contribution < 1.29 is 14.7 Å². The average molecular weight is 278 g/mol. The summed E-state index contributed by atoms with van der Waals surface area (Å²) < 4.78 is 0. The van der Waals surface area contributed by atoms with Crippen molar-refractivity contribution in [2.75, 3.05) is 0 Å². The SMILES string of the molecule is Cc1cccc2c1C(=O)/C(=C\c1ccccc1C(=O)O)C2. The van der Waals surface area contributed by atoms with Gasteiger partial charge in [-0.3, -0.25) is 4.79 Å². The number of rotatable bonds is 2. The number of carboxylic acids is 1. The molecule has 1 aliphatic rings. The maximum atomic E-state index is 12.5. The smallest absolute Gasteiger partial charge is 0.336 e. The number of hydrogen-bond donors (Lipinski definition) is 1. The molecule has 0 amide bonds. The summed E-state index contributed by atoms with van der Waals surface area (Å²) in [4.78, 5) is 23.7. The number of carbonyl (C=O) groups excluding carboxylic acids is 1. The van der Waals surface area contributed by atoms with E-state index >= 15 is 0 Å². The number of carboxylic acid groups (broad SMARTS) is 1. The summed E-state index contributed by atoms with van der Waals surface area (Å²) in [5, 5.41) is 9.21. The van der Waals surface area contributed by atoms with Crippen molar-refractivity contribution in [3.05, 3.63) is 75.9 Å². The van der Waals surface area contributed by atoms with Crippen molar-refractivity contribution in [1.29, 1.82) is 0 Å². The molecule has 0 aliphatic heterocycles. The lowest BCUT2D eigenvalue weighted by molar-refractivity contribution is 0.0696. The molecule has 1 aliphatic carbocycles. The molecule has 0 radical (unpaired) electrons. The van der Waals surface area contributed by atoms with E-state index in [4.69, 9.17) is 0 Å². The molecule has 0 aromatic heterocycles. The van der Waals surface area contributed by atoms with Crippen LogP contribution in [-0.4, -0.2) is 16.9 Å². The molecule has 3 rings (SSSR count). The second kappa shape index (κ2) is 5.02. The van der Waals surface area contributed by atoms with Gasteiger partial charge in [-0.25, -0.2) is 4.79 Å². The lowest BCUT2D eigenvalue weighted by atomic mass is 10.0. The molecule has 0 saturated carbocycles. The summed E-state index contributed by atoms with van der Waals surface area (Å²) in [6.07, 6.45) is 2.26. The fourth-order valence-electron chi connectivity index (χ4n) is 2.77. The maximum absolute atomic E-state index is 12.5. The average Bonchev–Trinajstić information content (AvgIpc) is 2.77. The lowest BCUT2D eigenvalue weighted by Crippen LogP contribution is -2.01. The van der Waals surface area contributed by atoms with Gasteiger partial charge >= 0.3 is 5.97 Å². The van der Waals surface area contributed by atoms with Crippen LogP contribution in [0.2, 0.25) is 0 Å². The normalized spacial score (nSPS) is 15.3. The molecule has 104 valence electrons. The van der Waals surface area contributed by atoms with Gasteiger partial charge in [0.15, 0.2) is 5.78 Å². The van der Waals surface area contributed by atoms with Crippen molar-refractivity contribution in [2.45, 2.75) is 13.3 Å². The Morgan fingerprint density at radius 1 is 1.14 bits per heavy atom. The number of aryl methyl sites for hydroxylation is 1. The Labute approximate surface area is 122 Å². The molecule has 0 atom stereocenters. The van der Waals surface area contributed by atoms with E-state index in [1.165, 1.54) is 0 Å². The fourth-order valence-corrected chi connectivity index (χ4v) is 2.77. The predicted octanol–water partition coefficient (Wildman–Crippen LogP) is 3.52. The monoisotopic (exact) mass is 278 g/mol. The first-order chi connectivity index (χ1) is 10.1. The summed E-state index contributed by atoms with van der Waals surface area (Å²) in [6.45, 7) is 1.92. The Morgan fingerprint density at radius 3 is 2.62 bits per heavy atom. The largest absolute Gasteiger partial charge is 0.478 e. The van der Waals surface area contributed by atoms with Crippen LogP contribution in [0.15, 0.2) is 48.0 Å². The third-order valence-electron chi connectivity index (χ3n) is 3.78. The van der Waals surface area contributed by atoms with Crippen LogP contribution in [0.1, 0.15) is 37.4 Å². The van der Waals surface area contributed by atoms with Gasteiger partial charge in [-0.05, 0) is 35.8 Å². The van der Waals surface area contributed by atoms with E-state index in [9.17, 15) is 14.7 Å². The second-order valence-electron chi connectivity index (χ2n) is 5.18. The van der Waals surface area contributed by atoms with E-state index in [2.05, 4.69) is 0 Å². The number of aromatic carboxylic acids is 1. The van der Waals surface area contributed by atoms with Gasteiger partial charge in [0, 0.05) is 17.6 Å². The third-order valence-corrected chi connectivity index (χ3v) is 3.78. The topological polar surface area (TPSA) is 54.4 Å². The van der Waals surface area contributed by atoms with Crippen LogP contribution in [0, 0.1) is 6.92 Å². The minimum absolute atomic E-state index is 0.00305. The zero-order valence-electron chi connectivity index (χ0n) is 11.6. The van der Waals surface area contributed by atoms with Gasteiger partial charge in [-0.2, -0.15) is 0 Å². The van der Waals surface area contributed by atoms with Crippen LogP contribution < -0.4 is 0 Å². The van der Waals surface area contributed by atoms with Gasteiger partial charge in [-0.15, -0.1) is 0 Å². The summed E-state index contributed by atoms with van der Waals surface area (Å²) in [5.74, 6) is -0.982. The zero-order valence-corrected chi connectivity index (χ0v) is 11.6. The molecule has 0 spiro atoms. The van der Waals surface area contributed by atoms with E-state index in [-0.39, 0.29) is 11.3 Å². The minimum atomic E-state index is -0.985. The molecule has 0 saturated heterocycles. The number of ketones is 1. The van der Waals surface area contributed by atoms with E-state index in [0.717, 1.165) is 16.7 Å². The van der Waals surface area contributed by atoms with Gasteiger partial charge in [0.25, 0.3) is 0 Å². The van der Waals surface area contributed by atoms with Crippen molar-refractivity contribution in [1.82, 2.24) is 0 Å². The molecular formula is C18H14O3. The van der Waals surface area contributed by atoms with Crippen LogP contribution >= 0.6 is 0 Å². The summed E-state index contributed by atoms with van der Waals surface area (Å²) >= 11 is 0. The highest BCUT2D eigenvalue weighted by molar-refractivity contribution is 6.16. The summed E-state index contributed by atoms with van der Waals surface area (Å²) in [6, 6.07) is 12.5. The van der Waals surface area contributed by atoms with Crippen LogP contribution in [0.4, 0.5) is 0 Å². The number of Topliss-reactive ketones (excluding diaryl/α,β-unsaturated/α-hetero) is 1. The van der Waals surface area contributed by atoms with Gasteiger partial charge in [0.05, 0.1) is 5.56 Å². The van der Waals surface area contributed by atoms with Crippen molar-refractivity contribution in [2.24, 2.45) is 0 Å². The molecule has 3 heteroatoms. The Hall–Kier alpha value is -2.68. The molecular weight excluding hydrogens is 264 g/mol. The fraction of sp³-hybridized carbons (Fsp3) is 0.111. The highest BCUT2D eigenvalue weighted by atomic mass is 16.4. The van der Waals surface area contributed by atoms with Gasteiger partial charge in [-0.1, -0.05) is 36.4 Å². The Balaban J connectivity index is 2.07. The molecule has 3 nitrogen and oxygen atoms in total. The van der Waals surface area contributed by atoms with E-state index in [1.807, 2.05) is 25.1 Å². The summed E-state index contributed by atoms with van der Waals surface area (Å²) in [5.41, 5.74) is 4.17. The molecule has 0 heterocycles. The highest BCUT2D eigenvalue weighted by Gasteiger charge is 2.26. The van der Waals surface area contributed by atoms with Crippen molar-refractivity contribution in [3.63, 3.8) is 0 Å². The Bertz CT molecular complexity index is 785. The van der Waals surface area contributed by atoms with Gasteiger partial charge in [0.2, 0.25) is 0 Å². The van der Waals surface area contributed by atoms with Crippen LogP contribution in [0.3, 0.4) is 0 Å². The molecule has 0 bridgehead atoms. The van der Waals surface area contributed by atoms with E-state index < -0.39 is 5.97 Å². The first-order valence-electron chi connectivity index (χ1n) is 6.74. The summed E-state index contributed by atoms with van der Waals surface area (Å²) in [7, 11) is 0. The first-order valence-corrected chi connectivity index (χ1v) is 6.74. The standard InChI is InChI=1S/C18H14O3/c1-11-5-4-7-13-10-14(17(19)16(11)13)9-12-6-2-3-8-15(12)18(20)21/h2-9H,10H2,1H3,(H,20,21)/b14-9-. The molecule has 21 heavy (non-hydrogen) atoms. The van der Waals surface area contributed by atoms with Gasteiger partial charge in [0.1, 0.15) is 0 Å². The number of fused-ring (bicyclic) bond motifs is 1. The number of carbonyl (C=O) groups is 2. The van der Waals surface area contributed by atoms with Crippen molar-refractivity contribution in [3.8, 4) is 0 Å². The van der Waals surface area contributed by atoms with Crippen LogP contribution in [0.25, 0.3) is 6.08 Å². The van der Waals surface area contributed by atoms with Crippen LogP contribution in [-0.2, 0) is 6.42 Å². The number of hydrogen-bond acceptors (Lipinski definition) is 2. The van der Waals surface area contributed by atoms with Crippen molar-refractivity contribution >= 4 is 17.8 Å². The third kappa shape index (κ3) is 2.27. The second-order valence-corrected chi connectivity index (χ2v) is 5.18.